The summed E-state index contributed by atoms with van der Waals surface area (Å²) in [4.78, 5) is 77.2. The average molecular weight is 1110 g/mol. The standard InChI is InChI=1S/C68H116O11/c1-7-9-11-13-15-17-19-21-23-25-27-29-31-35-62(70)76-51-57(52-77-63(71)36-32-30-28-26-24-22-20-18-16-14-12-10-8-2)78-65(73)49-53(3)38-39-54(4)66(74)75-48-34-33-37-64(72)79-61-43-42-59-58-41-40-55-50-56(69)44-46-67(55,5)60(58)45-47-68(59,61)6/h50,53-54,57-61H,7-49,51-52H2,1-6H3/t53?,54?,58-,59-,60-,61-,67-,68-/m0/s1. The third-order valence-electron chi connectivity index (χ3n) is 19.3. The van der Waals surface area contributed by atoms with Crippen LogP contribution in [-0.4, -0.2) is 67.7 Å². The maximum absolute atomic E-state index is 13.2. The van der Waals surface area contributed by atoms with Crippen molar-refractivity contribution in [3.63, 3.8) is 0 Å². The van der Waals surface area contributed by atoms with Crippen molar-refractivity contribution in [2.75, 3.05) is 19.8 Å². The topological polar surface area (TPSA) is 149 Å². The molecule has 454 valence electrons. The molecule has 0 bridgehead atoms. The van der Waals surface area contributed by atoms with Crippen LogP contribution in [-0.2, 0) is 52.5 Å². The summed E-state index contributed by atoms with van der Waals surface area (Å²) in [6.07, 6.45) is 44.1. The normalized spacial score (nSPS) is 23.2. The molecule has 8 atom stereocenters. The van der Waals surface area contributed by atoms with Gasteiger partial charge in [-0.1, -0.05) is 201 Å². The maximum Gasteiger partial charge on any atom is 0.308 e. The zero-order valence-electron chi connectivity index (χ0n) is 51.4. The van der Waals surface area contributed by atoms with Crippen LogP contribution in [0.2, 0.25) is 0 Å². The molecule has 3 fully saturated rings. The first-order valence-corrected chi connectivity index (χ1v) is 33.3. The smallest absolute Gasteiger partial charge is 0.308 e. The first kappa shape index (κ1) is 68.3. The fourth-order valence-corrected chi connectivity index (χ4v) is 14.1. The van der Waals surface area contributed by atoms with E-state index in [0.717, 1.165) is 83.5 Å². The van der Waals surface area contributed by atoms with Crippen molar-refractivity contribution in [3.8, 4) is 0 Å². The van der Waals surface area contributed by atoms with E-state index in [9.17, 15) is 28.8 Å². The summed E-state index contributed by atoms with van der Waals surface area (Å²) in [5, 5.41) is 0. The van der Waals surface area contributed by atoms with Crippen molar-refractivity contribution in [2.45, 2.75) is 323 Å². The molecule has 11 nitrogen and oxygen atoms in total. The highest BCUT2D eigenvalue weighted by Crippen LogP contribution is 2.65. The van der Waals surface area contributed by atoms with Crippen LogP contribution in [0.1, 0.15) is 311 Å². The van der Waals surface area contributed by atoms with Gasteiger partial charge in [-0.05, 0) is 119 Å². The van der Waals surface area contributed by atoms with E-state index in [1.165, 1.54) is 134 Å². The predicted octanol–water partition coefficient (Wildman–Crippen LogP) is 17.5. The molecule has 0 saturated heterocycles. The zero-order valence-corrected chi connectivity index (χ0v) is 51.4. The van der Waals surface area contributed by atoms with E-state index in [0.29, 0.717) is 69.1 Å². The fraction of sp³-hybridized carbons (Fsp3) is 0.882. The minimum absolute atomic E-state index is 0.00597. The number of carbonyl (C=O) groups excluding carboxylic acids is 6. The molecule has 2 unspecified atom stereocenters. The second-order valence-electron chi connectivity index (χ2n) is 25.9. The summed E-state index contributed by atoms with van der Waals surface area (Å²) >= 11 is 0. The molecule has 4 aliphatic carbocycles. The van der Waals surface area contributed by atoms with E-state index < -0.39 is 12.1 Å². The van der Waals surface area contributed by atoms with Crippen molar-refractivity contribution in [3.05, 3.63) is 11.6 Å². The lowest BCUT2D eigenvalue weighted by atomic mass is 9.47. The van der Waals surface area contributed by atoms with Crippen LogP contribution in [0.4, 0.5) is 0 Å². The van der Waals surface area contributed by atoms with Crippen LogP contribution in [0.15, 0.2) is 11.6 Å². The first-order valence-electron chi connectivity index (χ1n) is 33.3. The van der Waals surface area contributed by atoms with Gasteiger partial charge in [-0.15, -0.1) is 0 Å². The van der Waals surface area contributed by atoms with E-state index in [1.54, 1.807) is 0 Å². The number of allylic oxidation sites excluding steroid dienone is 1. The van der Waals surface area contributed by atoms with E-state index in [-0.39, 0.29) is 84.7 Å². The van der Waals surface area contributed by atoms with Crippen LogP contribution in [0.25, 0.3) is 0 Å². The van der Waals surface area contributed by atoms with Crippen molar-refractivity contribution < 1.29 is 52.5 Å². The van der Waals surface area contributed by atoms with Gasteiger partial charge in [0.25, 0.3) is 0 Å². The molecule has 0 aromatic carbocycles. The van der Waals surface area contributed by atoms with E-state index in [4.69, 9.17) is 23.7 Å². The number of ketones is 1. The summed E-state index contributed by atoms with van der Waals surface area (Å²) in [5.41, 5.74) is 1.50. The molecule has 0 heterocycles. The molecule has 11 heteroatoms. The molecule has 0 radical (unpaired) electrons. The number of fused-ring (bicyclic) bond motifs is 5. The second kappa shape index (κ2) is 39.3. The molecule has 0 aromatic rings. The van der Waals surface area contributed by atoms with Gasteiger partial charge >= 0.3 is 29.8 Å². The van der Waals surface area contributed by atoms with E-state index in [1.807, 2.05) is 19.9 Å². The number of hydrogen-bond donors (Lipinski definition) is 0. The molecule has 3 saturated carbocycles. The molecule has 79 heavy (non-hydrogen) atoms. The molecule has 0 aromatic heterocycles. The molecule has 4 rings (SSSR count). The van der Waals surface area contributed by atoms with Crippen LogP contribution >= 0.6 is 0 Å². The first-order chi connectivity index (χ1) is 38.2. The number of rotatable bonds is 45. The Bertz CT molecular complexity index is 1750. The number of ether oxygens (including phenoxy) is 5. The molecular weight excluding hydrogens is 993 g/mol. The molecule has 0 spiro atoms. The van der Waals surface area contributed by atoms with Gasteiger partial charge in [-0.3, -0.25) is 28.8 Å². The number of unbranched alkanes of at least 4 members (excludes halogenated alkanes) is 25. The van der Waals surface area contributed by atoms with Gasteiger partial charge in [0, 0.05) is 37.5 Å². The summed E-state index contributed by atoms with van der Waals surface area (Å²) in [6, 6.07) is 0. The lowest BCUT2D eigenvalue weighted by Gasteiger charge is -2.57. The van der Waals surface area contributed by atoms with E-state index in [2.05, 4.69) is 27.7 Å². The zero-order chi connectivity index (χ0) is 57.1. The van der Waals surface area contributed by atoms with Crippen LogP contribution in [0.3, 0.4) is 0 Å². The monoisotopic (exact) mass is 1110 g/mol. The second-order valence-corrected chi connectivity index (χ2v) is 25.9. The third kappa shape index (κ3) is 25.8. The van der Waals surface area contributed by atoms with Crippen molar-refractivity contribution in [1.29, 1.82) is 0 Å². The quantitative estimate of drug-likeness (QED) is 0.0326. The van der Waals surface area contributed by atoms with Crippen LogP contribution in [0.5, 0.6) is 0 Å². The average Bonchev–Trinajstić information content (AvgIpc) is 3.93. The summed E-state index contributed by atoms with van der Waals surface area (Å²) in [5.74, 6) is 0.0118. The summed E-state index contributed by atoms with van der Waals surface area (Å²) < 4.78 is 28.8. The van der Waals surface area contributed by atoms with E-state index >= 15 is 0 Å². The minimum atomic E-state index is -0.899. The Morgan fingerprint density at radius 3 is 1.56 bits per heavy atom. The summed E-state index contributed by atoms with van der Waals surface area (Å²) in [7, 11) is 0. The van der Waals surface area contributed by atoms with Gasteiger partial charge in [-0.2, -0.15) is 0 Å². The minimum Gasteiger partial charge on any atom is -0.465 e. The van der Waals surface area contributed by atoms with Gasteiger partial charge in [0.1, 0.15) is 19.3 Å². The molecule has 0 amide bonds. The van der Waals surface area contributed by atoms with Gasteiger partial charge in [0.2, 0.25) is 0 Å². The summed E-state index contributed by atoms with van der Waals surface area (Å²) in [6.45, 7) is 12.9. The highest BCUT2D eigenvalue weighted by Gasteiger charge is 2.60. The number of carbonyl (C=O) groups is 6. The fourth-order valence-electron chi connectivity index (χ4n) is 14.1. The highest BCUT2D eigenvalue weighted by molar-refractivity contribution is 5.91. The van der Waals surface area contributed by atoms with Crippen molar-refractivity contribution in [2.24, 2.45) is 40.4 Å². The van der Waals surface area contributed by atoms with Gasteiger partial charge < -0.3 is 23.7 Å². The largest absolute Gasteiger partial charge is 0.465 e. The Morgan fingerprint density at radius 2 is 1.03 bits per heavy atom. The Kier molecular flexibility index (Phi) is 33.9. The molecule has 0 aliphatic heterocycles. The Hall–Kier alpha value is -3.24. The van der Waals surface area contributed by atoms with Gasteiger partial charge in [-0.25, -0.2) is 0 Å². The third-order valence-corrected chi connectivity index (χ3v) is 19.3. The lowest BCUT2D eigenvalue weighted by Crippen LogP contribution is -2.51. The Balaban J connectivity index is 1.09. The Labute approximate surface area is 481 Å². The van der Waals surface area contributed by atoms with Crippen LogP contribution < -0.4 is 0 Å². The highest BCUT2D eigenvalue weighted by atomic mass is 16.6. The lowest BCUT2D eigenvalue weighted by molar-refractivity contribution is -0.167. The van der Waals surface area contributed by atoms with Crippen molar-refractivity contribution in [1.82, 2.24) is 0 Å². The maximum atomic E-state index is 13.2. The van der Waals surface area contributed by atoms with Crippen LogP contribution in [0, 0.1) is 40.4 Å². The van der Waals surface area contributed by atoms with Crippen molar-refractivity contribution >= 4 is 35.6 Å². The molecular formula is C68H116O11. The Morgan fingerprint density at radius 1 is 0.532 bits per heavy atom. The van der Waals surface area contributed by atoms with Gasteiger partial charge in [0.15, 0.2) is 11.9 Å². The molecule has 4 aliphatic rings. The van der Waals surface area contributed by atoms with Gasteiger partial charge in [0.05, 0.1) is 12.5 Å². The number of hydrogen-bond acceptors (Lipinski definition) is 11. The SMILES string of the molecule is CCCCCCCCCCCCCCCC(=O)OCC(COC(=O)CCCCCCCCCCCCCCC)OC(=O)CC(C)CCC(C)C(=O)OCCCCC(=O)O[C@H]1CC[C@H]2[C@@H]3CCC4=CC(=O)CC[C@]4(C)[C@H]3CC[C@]12C. The number of esters is 5. The predicted molar refractivity (Wildman–Crippen MR) is 316 cm³/mol. The molecule has 0 N–H and O–H groups in total.